The lowest BCUT2D eigenvalue weighted by atomic mass is 9.96. The second-order valence-electron chi connectivity index (χ2n) is 5.20. The van der Waals surface area contributed by atoms with Gasteiger partial charge in [-0.05, 0) is 36.5 Å². The van der Waals surface area contributed by atoms with Gasteiger partial charge in [0.05, 0.1) is 0 Å². The molecule has 0 saturated carbocycles. The molecule has 1 aromatic rings. The summed E-state index contributed by atoms with van der Waals surface area (Å²) >= 11 is 0. The Hall–Kier alpha value is -1.55. The van der Waals surface area contributed by atoms with Crippen LogP contribution in [-0.4, -0.2) is 24.0 Å². The molecule has 1 aromatic carbocycles. The monoisotopic (exact) mass is 261 g/mol. The molecule has 1 aliphatic heterocycles. The maximum atomic E-state index is 12.2. The number of nitrogens with two attached hydrogens (primary N) is 1. The smallest absolute Gasteiger partial charge is 0.321 e. The fourth-order valence-electron chi connectivity index (χ4n) is 2.56. The van der Waals surface area contributed by atoms with Gasteiger partial charge in [-0.25, -0.2) is 4.79 Å². The molecule has 1 fully saturated rings. The van der Waals surface area contributed by atoms with Crippen molar-refractivity contribution in [1.29, 1.82) is 0 Å². The summed E-state index contributed by atoms with van der Waals surface area (Å²) < 4.78 is 0. The van der Waals surface area contributed by atoms with Crippen LogP contribution in [0.25, 0.3) is 0 Å². The Balaban J connectivity index is 1.96. The lowest BCUT2D eigenvalue weighted by Gasteiger charge is -2.32. The van der Waals surface area contributed by atoms with Crippen LogP contribution in [0.4, 0.5) is 10.5 Å². The summed E-state index contributed by atoms with van der Waals surface area (Å²) in [4.78, 5) is 14.1. The molecule has 19 heavy (non-hydrogen) atoms. The van der Waals surface area contributed by atoms with Crippen LogP contribution in [0.5, 0.6) is 0 Å². The molecule has 0 aromatic heterocycles. The van der Waals surface area contributed by atoms with Crippen LogP contribution in [0.2, 0.25) is 0 Å². The molecular formula is C15H23N3O. The third kappa shape index (κ3) is 3.70. The van der Waals surface area contributed by atoms with Crippen LogP contribution < -0.4 is 11.1 Å². The first kappa shape index (κ1) is 13.9. The molecule has 104 valence electrons. The minimum atomic E-state index is 0.00678. The summed E-state index contributed by atoms with van der Waals surface area (Å²) in [6, 6.07) is 7.72. The van der Waals surface area contributed by atoms with Gasteiger partial charge in [-0.1, -0.05) is 25.5 Å². The van der Waals surface area contributed by atoms with Crippen LogP contribution >= 0.6 is 0 Å². The molecule has 1 saturated heterocycles. The fraction of sp³-hybridized carbons (Fsp3) is 0.533. The number of hydrogen-bond donors (Lipinski definition) is 2. The van der Waals surface area contributed by atoms with Gasteiger partial charge in [-0.3, -0.25) is 0 Å². The van der Waals surface area contributed by atoms with Gasteiger partial charge in [-0.2, -0.15) is 0 Å². The van der Waals surface area contributed by atoms with Gasteiger partial charge in [0.15, 0.2) is 0 Å². The number of hydrogen-bond acceptors (Lipinski definition) is 2. The quantitative estimate of drug-likeness (QED) is 0.879. The van der Waals surface area contributed by atoms with E-state index in [0.29, 0.717) is 12.5 Å². The third-order valence-corrected chi connectivity index (χ3v) is 3.80. The van der Waals surface area contributed by atoms with Crippen molar-refractivity contribution in [3.63, 3.8) is 0 Å². The average Bonchev–Trinajstić information content (AvgIpc) is 2.47. The number of nitrogens with zero attached hydrogens (tertiary/aromatic N) is 1. The first-order valence-electron chi connectivity index (χ1n) is 7.08. The van der Waals surface area contributed by atoms with Crippen molar-refractivity contribution in [2.75, 3.05) is 18.4 Å². The number of anilines is 1. The van der Waals surface area contributed by atoms with Crippen molar-refractivity contribution in [3.05, 3.63) is 29.8 Å². The SMILES string of the molecule is CCC1CCCN(C(=O)Nc2cccc(CN)c2)C1. The first-order valence-corrected chi connectivity index (χ1v) is 7.08. The summed E-state index contributed by atoms with van der Waals surface area (Å²) in [7, 11) is 0. The Bertz CT molecular complexity index is 433. The van der Waals surface area contributed by atoms with Gasteiger partial charge in [-0.15, -0.1) is 0 Å². The Morgan fingerprint density at radius 3 is 3.11 bits per heavy atom. The molecule has 1 aliphatic rings. The van der Waals surface area contributed by atoms with E-state index in [1.54, 1.807) is 0 Å². The van der Waals surface area contributed by atoms with Crippen LogP contribution in [0.1, 0.15) is 31.7 Å². The molecule has 3 N–H and O–H groups in total. The zero-order valence-corrected chi connectivity index (χ0v) is 11.6. The van der Waals surface area contributed by atoms with E-state index in [-0.39, 0.29) is 6.03 Å². The largest absolute Gasteiger partial charge is 0.326 e. The van der Waals surface area contributed by atoms with E-state index in [0.717, 1.165) is 37.2 Å². The minimum Gasteiger partial charge on any atom is -0.326 e. The second-order valence-corrected chi connectivity index (χ2v) is 5.20. The number of likely N-dealkylation sites (tertiary alicyclic amines) is 1. The summed E-state index contributed by atoms with van der Waals surface area (Å²) in [5.41, 5.74) is 7.46. The highest BCUT2D eigenvalue weighted by Gasteiger charge is 2.22. The molecule has 0 spiro atoms. The number of nitrogens with one attached hydrogen (secondary N) is 1. The number of amides is 2. The predicted molar refractivity (Wildman–Crippen MR) is 77.9 cm³/mol. The molecule has 0 aliphatic carbocycles. The number of carbonyl (C=O) groups excluding carboxylic acids is 1. The summed E-state index contributed by atoms with van der Waals surface area (Å²) in [5.74, 6) is 0.648. The number of benzene rings is 1. The highest BCUT2D eigenvalue weighted by Crippen LogP contribution is 2.20. The van der Waals surface area contributed by atoms with E-state index < -0.39 is 0 Å². The van der Waals surface area contributed by atoms with E-state index >= 15 is 0 Å². The Kier molecular flexibility index (Phi) is 4.80. The number of carbonyl (C=O) groups is 1. The zero-order chi connectivity index (χ0) is 13.7. The molecule has 1 atom stereocenters. The molecular weight excluding hydrogens is 238 g/mol. The van der Waals surface area contributed by atoms with Gasteiger partial charge < -0.3 is 16.0 Å². The van der Waals surface area contributed by atoms with Gasteiger partial charge >= 0.3 is 6.03 Å². The van der Waals surface area contributed by atoms with Crippen molar-refractivity contribution in [3.8, 4) is 0 Å². The Morgan fingerprint density at radius 2 is 2.37 bits per heavy atom. The number of urea groups is 1. The molecule has 1 unspecified atom stereocenters. The number of piperidine rings is 1. The van der Waals surface area contributed by atoms with Gasteiger partial charge in [0, 0.05) is 25.3 Å². The van der Waals surface area contributed by atoms with Crippen molar-refractivity contribution >= 4 is 11.7 Å². The average molecular weight is 261 g/mol. The standard InChI is InChI=1S/C15H23N3O/c1-2-12-6-4-8-18(11-12)15(19)17-14-7-3-5-13(9-14)10-16/h3,5,7,9,12H,2,4,6,8,10-11,16H2,1H3,(H,17,19). The van der Waals surface area contributed by atoms with Crippen LogP contribution in [0.3, 0.4) is 0 Å². The highest BCUT2D eigenvalue weighted by molar-refractivity contribution is 5.89. The molecule has 2 rings (SSSR count). The van der Waals surface area contributed by atoms with Crippen molar-refractivity contribution in [2.45, 2.75) is 32.7 Å². The summed E-state index contributed by atoms with van der Waals surface area (Å²) in [6.45, 7) is 4.42. The van der Waals surface area contributed by atoms with E-state index in [2.05, 4.69) is 12.2 Å². The molecule has 2 amide bonds. The highest BCUT2D eigenvalue weighted by atomic mass is 16.2. The van der Waals surface area contributed by atoms with Crippen molar-refractivity contribution in [1.82, 2.24) is 4.90 Å². The first-order chi connectivity index (χ1) is 9.22. The van der Waals surface area contributed by atoms with E-state index in [1.807, 2.05) is 29.2 Å². The Morgan fingerprint density at radius 1 is 1.53 bits per heavy atom. The molecule has 0 bridgehead atoms. The van der Waals surface area contributed by atoms with Crippen LogP contribution in [0, 0.1) is 5.92 Å². The summed E-state index contributed by atoms with van der Waals surface area (Å²) in [6.07, 6.45) is 3.49. The maximum Gasteiger partial charge on any atom is 0.321 e. The third-order valence-electron chi connectivity index (χ3n) is 3.80. The van der Waals surface area contributed by atoms with E-state index in [4.69, 9.17) is 5.73 Å². The van der Waals surface area contributed by atoms with Crippen molar-refractivity contribution < 1.29 is 4.79 Å². The van der Waals surface area contributed by atoms with Gasteiger partial charge in [0.2, 0.25) is 0 Å². The lowest BCUT2D eigenvalue weighted by Crippen LogP contribution is -2.42. The van der Waals surface area contributed by atoms with Crippen LogP contribution in [0.15, 0.2) is 24.3 Å². The topological polar surface area (TPSA) is 58.4 Å². The predicted octanol–water partition coefficient (Wildman–Crippen LogP) is 2.80. The Labute approximate surface area is 115 Å². The normalized spacial score (nSPS) is 19.3. The molecule has 1 heterocycles. The molecule has 0 radical (unpaired) electrons. The maximum absolute atomic E-state index is 12.2. The lowest BCUT2D eigenvalue weighted by molar-refractivity contribution is 0.176. The molecule has 4 heteroatoms. The van der Waals surface area contributed by atoms with E-state index in [9.17, 15) is 4.79 Å². The summed E-state index contributed by atoms with van der Waals surface area (Å²) in [5, 5.41) is 2.96. The zero-order valence-electron chi connectivity index (χ0n) is 11.6. The van der Waals surface area contributed by atoms with Gasteiger partial charge in [0.1, 0.15) is 0 Å². The van der Waals surface area contributed by atoms with Crippen molar-refractivity contribution in [2.24, 2.45) is 11.7 Å². The van der Waals surface area contributed by atoms with Crippen LogP contribution in [-0.2, 0) is 6.54 Å². The number of rotatable bonds is 3. The molecule has 4 nitrogen and oxygen atoms in total. The fourth-order valence-corrected chi connectivity index (χ4v) is 2.56. The second kappa shape index (κ2) is 6.57. The minimum absolute atomic E-state index is 0.00678. The van der Waals surface area contributed by atoms with E-state index in [1.165, 1.54) is 6.42 Å². The van der Waals surface area contributed by atoms with Gasteiger partial charge in [0.25, 0.3) is 0 Å².